The minimum absolute atomic E-state index is 0.352. The Bertz CT molecular complexity index is 301. The van der Waals surface area contributed by atoms with E-state index < -0.39 is 37.3 Å². The molecule has 0 saturated carbocycles. The third-order valence-electron chi connectivity index (χ3n) is 3.28. The van der Waals surface area contributed by atoms with Crippen molar-refractivity contribution in [2.24, 2.45) is 0 Å². The molecule has 4 N–H and O–H groups in total. The van der Waals surface area contributed by atoms with Gasteiger partial charge in [0.2, 0.25) is 5.91 Å². The number of unbranched alkanes of at least 4 members (excludes halogenated alkanes) is 2. The van der Waals surface area contributed by atoms with E-state index in [4.69, 9.17) is 14.6 Å². The largest absolute Gasteiger partial charge is 0.394 e. The lowest BCUT2D eigenvalue weighted by Gasteiger charge is -2.42. The zero-order valence-corrected chi connectivity index (χ0v) is 12.0. The Kier molecular flexibility index (Phi) is 7.39. The lowest BCUT2D eigenvalue weighted by atomic mass is 9.97. The Morgan fingerprint density at radius 3 is 2.55 bits per heavy atom. The lowest BCUT2D eigenvalue weighted by Crippen LogP contribution is -2.64. The minimum Gasteiger partial charge on any atom is -0.394 e. The molecule has 118 valence electrons. The summed E-state index contributed by atoms with van der Waals surface area (Å²) in [6.07, 6.45) is -1.44. The first kappa shape index (κ1) is 17.3. The number of carbonyl (C=O) groups excluding carboxylic acids is 1. The quantitative estimate of drug-likeness (QED) is 0.454. The number of ether oxygens (including phenoxy) is 2. The molecule has 0 aromatic carbocycles. The molecule has 1 aliphatic rings. The van der Waals surface area contributed by atoms with Crippen molar-refractivity contribution >= 4 is 5.91 Å². The van der Waals surface area contributed by atoms with Gasteiger partial charge in [-0.15, -0.1) is 0 Å². The van der Waals surface area contributed by atoms with Crippen molar-refractivity contribution in [3.8, 4) is 0 Å². The van der Waals surface area contributed by atoms with Gasteiger partial charge in [-0.1, -0.05) is 19.8 Å². The molecule has 1 saturated heterocycles. The molecule has 1 aliphatic heterocycles. The van der Waals surface area contributed by atoms with Crippen LogP contribution in [0.5, 0.6) is 0 Å². The minimum atomic E-state index is -1.27. The van der Waals surface area contributed by atoms with Crippen molar-refractivity contribution in [2.45, 2.75) is 63.8 Å². The second-order valence-corrected chi connectivity index (χ2v) is 5.01. The third-order valence-corrected chi connectivity index (χ3v) is 3.28. The van der Waals surface area contributed by atoms with Gasteiger partial charge in [-0.05, 0) is 6.42 Å². The Labute approximate surface area is 118 Å². The normalized spacial score (nSPS) is 34.0. The highest BCUT2D eigenvalue weighted by atomic mass is 16.7. The maximum absolute atomic E-state index is 11.2. The van der Waals surface area contributed by atoms with Crippen molar-refractivity contribution in [1.82, 2.24) is 5.32 Å². The van der Waals surface area contributed by atoms with Crippen LogP contribution in [0.3, 0.4) is 0 Å². The van der Waals surface area contributed by atoms with Crippen molar-refractivity contribution in [3.05, 3.63) is 0 Å². The average Bonchev–Trinajstić information content (AvgIpc) is 2.41. The van der Waals surface area contributed by atoms with Gasteiger partial charge in [0, 0.05) is 13.5 Å². The topological polar surface area (TPSA) is 108 Å². The Morgan fingerprint density at radius 2 is 2.00 bits per heavy atom. The summed E-state index contributed by atoms with van der Waals surface area (Å²) in [6.45, 7) is 3.37. The van der Waals surface area contributed by atoms with Crippen LogP contribution in [-0.4, -0.2) is 65.1 Å². The first-order valence-corrected chi connectivity index (χ1v) is 7.02. The molecule has 20 heavy (non-hydrogen) atoms. The number of aliphatic hydroxyl groups excluding tert-OH is 3. The van der Waals surface area contributed by atoms with E-state index >= 15 is 0 Å². The summed E-state index contributed by atoms with van der Waals surface area (Å²) < 4.78 is 10.9. The smallest absolute Gasteiger partial charge is 0.217 e. The average molecular weight is 291 g/mol. The number of hydrogen-bond donors (Lipinski definition) is 4. The molecule has 7 nitrogen and oxygen atoms in total. The van der Waals surface area contributed by atoms with E-state index in [1.54, 1.807) is 0 Å². The Morgan fingerprint density at radius 1 is 1.30 bits per heavy atom. The van der Waals surface area contributed by atoms with Crippen molar-refractivity contribution < 1.29 is 29.6 Å². The van der Waals surface area contributed by atoms with E-state index in [9.17, 15) is 15.0 Å². The van der Waals surface area contributed by atoms with Crippen LogP contribution in [-0.2, 0) is 14.3 Å². The molecule has 1 amide bonds. The van der Waals surface area contributed by atoms with Crippen LogP contribution < -0.4 is 5.32 Å². The fraction of sp³-hybridized carbons (Fsp3) is 0.923. The van der Waals surface area contributed by atoms with Gasteiger partial charge in [0.15, 0.2) is 6.29 Å². The van der Waals surface area contributed by atoms with Crippen molar-refractivity contribution in [3.63, 3.8) is 0 Å². The van der Waals surface area contributed by atoms with Crippen molar-refractivity contribution in [2.75, 3.05) is 13.2 Å². The predicted octanol–water partition coefficient (Wildman–Crippen LogP) is -0.863. The lowest BCUT2D eigenvalue weighted by molar-refractivity contribution is -0.270. The summed E-state index contributed by atoms with van der Waals surface area (Å²) in [5, 5.41) is 31.5. The number of carbonyl (C=O) groups is 1. The van der Waals surface area contributed by atoms with Gasteiger partial charge in [-0.3, -0.25) is 4.79 Å². The van der Waals surface area contributed by atoms with Gasteiger partial charge in [0.25, 0.3) is 0 Å². The summed E-state index contributed by atoms with van der Waals surface area (Å²) in [5.41, 5.74) is 0. The fourth-order valence-electron chi connectivity index (χ4n) is 2.16. The predicted molar refractivity (Wildman–Crippen MR) is 70.8 cm³/mol. The summed E-state index contributed by atoms with van der Waals surface area (Å²) in [7, 11) is 0. The second-order valence-electron chi connectivity index (χ2n) is 5.01. The van der Waals surface area contributed by atoms with Gasteiger partial charge >= 0.3 is 0 Å². The highest BCUT2D eigenvalue weighted by Crippen LogP contribution is 2.22. The number of nitrogens with one attached hydrogen (secondary N) is 1. The zero-order chi connectivity index (χ0) is 15.1. The van der Waals surface area contributed by atoms with E-state index in [0.29, 0.717) is 6.61 Å². The van der Waals surface area contributed by atoms with Gasteiger partial charge in [0.1, 0.15) is 24.4 Å². The van der Waals surface area contributed by atoms with Crippen LogP contribution >= 0.6 is 0 Å². The van der Waals surface area contributed by atoms with E-state index in [1.807, 2.05) is 0 Å². The second kappa shape index (κ2) is 8.53. The Hall–Kier alpha value is -0.730. The molecular weight excluding hydrogens is 266 g/mol. The summed E-state index contributed by atoms with van der Waals surface area (Å²) in [6, 6.07) is -0.855. The van der Waals surface area contributed by atoms with Crippen LogP contribution in [0.4, 0.5) is 0 Å². The molecule has 0 spiro atoms. The highest BCUT2D eigenvalue weighted by Gasteiger charge is 2.45. The van der Waals surface area contributed by atoms with E-state index in [2.05, 4.69) is 12.2 Å². The van der Waals surface area contributed by atoms with Gasteiger partial charge in [0.05, 0.1) is 6.61 Å². The fourth-order valence-corrected chi connectivity index (χ4v) is 2.16. The molecule has 5 atom stereocenters. The summed E-state index contributed by atoms with van der Waals surface area (Å²) >= 11 is 0. The number of amides is 1. The monoisotopic (exact) mass is 291 g/mol. The molecule has 1 fully saturated rings. The maximum Gasteiger partial charge on any atom is 0.217 e. The number of rotatable bonds is 7. The van der Waals surface area contributed by atoms with Crippen LogP contribution in [0.2, 0.25) is 0 Å². The molecule has 1 rings (SSSR count). The molecule has 0 bridgehead atoms. The Balaban J connectivity index is 2.65. The molecule has 7 heteroatoms. The first-order valence-electron chi connectivity index (χ1n) is 7.02. The van der Waals surface area contributed by atoms with Gasteiger partial charge in [-0.25, -0.2) is 0 Å². The van der Waals surface area contributed by atoms with E-state index in [-0.39, 0.29) is 5.91 Å². The SMILES string of the molecule is CCCCCO[C@H]1O[C@H](CO)[C@H](O)[C@H](O)[C@H]1NC(C)=O. The molecule has 0 aliphatic carbocycles. The molecule has 0 aromatic rings. The van der Waals surface area contributed by atoms with Crippen molar-refractivity contribution in [1.29, 1.82) is 0 Å². The molecular formula is C13H25NO6. The van der Waals surface area contributed by atoms with E-state index in [0.717, 1.165) is 19.3 Å². The first-order chi connectivity index (χ1) is 9.51. The van der Waals surface area contributed by atoms with E-state index in [1.165, 1.54) is 6.92 Å². The third kappa shape index (κ3) is 4.68. The van der Waals surface area contributed by atoms with Crippen LogP contribution in [0.1, 0.15) is 33.1 Å². The zero-order valence-electron chi connectivity index (χ0n) is 12.0. The van der Waals surface area contributed by atoms with Gasteiger partial charge in [-0.2, -0.15) is 0 Å². The number of aliphatic hydroxyl groups is 3. The molecule has 0 unspecified atom stereocenters. The molecule has 0 radical (unpaired) electrons. The molecule has 0 aromatic heterocycles. The summed E-state index contributed by atoms with van der Waals surface area (Å²) in [4.78, 5) is 11.2. The highest BCUT2D eigenvalue weighted by molar-refractivity contribution is 5.73. The van der Waals surface area contributed by atoms with Crippen LogP contribution in [0, 0.1) is 0 Å². The maximum atomic E-state index is 11.2. The van der Waals surface area contributed by atoms with Crippen LogP contribution in [0.15, 0.2) is 0 Å². The standard InChI is InChI=1S/C13H25NO6/c1-3-4-5-6-19-13-10(14-8(2)16)12(18)11(17)9(7-15)20-13/h9-13,15,17-18H,3-7H2,1-2H3,(H,14,16)/t9-,10-,11+,12-,13+/m1/s1. The van der Waals surface area contributed by atoms with Crippen LogP contribution in [0.25, 0.3) is 0 Å². The summed E-state index contributed by atoms with van der Waals surface area (Å²) in [5.74, 6) is -0.352. The molecule has 1 heterocycles. The van der Waals surface area contributed by atoms with Gasteiger partial charge < -0.3 is 30.1 Å². The number of hydrogen-bond acceptors (Lipinski definition) is 6.